The Bertz CT molecular complexity index is 1480. The van der Waals surface area contributed by atoms with Gasteiger partial charge in [-0.15, -0.1) is 6.58 Å². The maximum Gasteiger partial charge on any atom is 0.329 e. The van der Waals surface area contributed by atoms with E-state index in [2.05, 4.69) is 6.58 Å². The molecule has 0 radical (unpaired) electrons. The number of fused-ring (bicyclic) bond motifs is 3. The van der Waals surface area contributed by atoms with E-state index in [1.54, 1.807) is 27.0 Å². The summed E-state index contributed by atoms with van der Waals surface area (Å²) < 4.78 is 29.7. The normalized spacial score (nSPS) is 41.0. The number of hydrogen-bond donors (Lipinski definition) is 3. The number of allylic oxidation sites excluding steroid dienone is 4. The number of aliphatic hydroxyl groups is 3. The van der Waals surface area contributed by atoms with Gasteiger partial charge in [0.15, 0.2) is 0 Å². The maximum absolute atomic E-state index is 14.3. The first kappa shape index (κ1) is 46.9. The highest BCUT2D eigenvalue weighted by Crippen LogP contribution is 2.39. The number of aliphatic hydroxyl groups excluding tert-OH is 2. The van der Waals surface area contributed by atoms with Crippen molar-refractivity contribution in [2.24, 2.45) is 29.6 Å². The standard InChI is InChI=1S/C44H69NO12/c1-10-13-31-19-25(2)18-26(3)20-37(54-8)40-38(55-9)22-28(5)44(52,57-40)41(49)42(50)45-17-12-11-14-32(45)43(51)56-39(29(6)34(47)24-35(31)48)27(4)21-30-15-16-33(46)36(23-30)53-7/h10,19,21,26,28-34,36-40,46-47,52H,1,11-18,20,22-24H2,2-9H3/b25-19+,27-21+/t26-,28+,29+,30?,31+,32-,33?,34-,36+,37-,38-,39+,40+,44+/m0/s1. The fourth-order valence-corrected chi connectivity index (χ4v) is 9.42. The number of hydrogen-bond acceptors (Lipinski definition) is 12. The third-order valence-electron chi connectivity index (χ3n) is 12.9. The van der Waals surface area contributed by atoms with E-state index in [4.69, 9.17) is 23.7 Å². The number of carbonyl (C=O) groups is 4. The Morgan fingerprint density at radius 2 is 1.60 bits per heavy atom. The SMILES string of the molecule is C=CC[C@@H]1/C=C(\C)C[C@H](C)C[C@H](OC)[C@H]2O[C@@](O)(C(=O)C(=O)N3CCCC[C@H]3C(=O)O[C@H](/C(C)=C/C3CCC(O)[C@H](OC)C3)[C@H](C)[C@@H](O)CC1=O)[C@H](C)C[C@@H]2OC. The number of Topliss-reactive ketones (excluding diaryl/α,β-unsaturated/α-hetero) is 2. The van der Waals surface area contributed by atoms with Crippen LogP contribution < -0.4 is 0 Å². The third-order valence-corrected chi connectivity index (χ3v) is 12.9. The van der Waals surface area contributed by atoms with Crippen LogP contribution in [0.1, 0.15) is 105 Å². The number of cyclic esters (lactones) is 1. The maximum atomic E-state index is 14.3. The highest BCUT2D eigenvalue weighted by Gasteiger charge is 2.56. The van der Waals surface area contributed by atoms with Crippen LogP contribution in [0.4, 0.5) is 0 Å². The monoisotopic (exact) mass is 803 g/mol. The summed E-state index contributed by atoms with van der Waals surface area (Å²) >= 11 is 0. The van der Waals surface area contributed by atoms with Gasteiger partial charge < -0.3 is 43.9 Å². The van der Waals surface area contributed by atoms with Crippen LogP contribution in [0.5, 0.6) is 0 Å². The summed E-state index contributed by atoms with van der Waals surface area (Å²) in [7, 11) is 4.61. The van der Waals surface area contributed by atoms with Crippen LogP contribution >= 0.6 is 0 Å². The first-order chi connectivity index (χ1) is 27.0. The van der Waals surface area contributed by atoms with Gasteiger partial charge in [-0.3, -0.25) is 14.4 Å². The molecule has 13 nitrogen and oxygen atoms in total. The van der Waals surface area contributed by atoms with Gasteiger partial charge in [0.05, 0.1) is 30.5 Å². The van der Waals surface area contributed by atoms with Crippen molar-refractivity contribution in [3.8, 4) is 0 Å². The Morgan fingerprint density at radius 1 is 0.930 bits per heavy atom. The highest BCUT2D eigenvalue weighted by molar-refractivity contribution is 6.39. The summed E-state index contributed by atoms with van der Waals surface area (Å²) in [4.78, 5) is 57.8. The Kier molecular flexibility index (Phi) is 17.2. The molecule has 1 aliphatic carbocycles. The minimum atomic E-state index is -2.51. The molecule has 2 bridgehead atoms. The summed E-state index contributed by atoms with van der Waals surface area (Å²) in [5.41, 5.74) is 1.61. The Labute approximate surface area is 339 Å². The van der Waals surface area contributed by atoms with Gasteiger partial charge in [-0.05, 0) is 95.5 Å². The molecule has 4 aliphatic rings. The smallest absolute Gasteiger partial charge is 0.329 e. The van der Waals surface area contributed by atoms with E-state index in [9.17, 15) is 34.5 Å². The van der Waals surface area contributed by atoms with Gasteiger partial charge >= 0.3 is 5.97 Å². The molecule has 3 N–H and O–H groups in total. The summed E-state index contributed by atoms with van der Waals surface area (Å²) in [6.07, 6.45) is 4.93. The second kappa shape index (κ2) is 21.0. The number of carbonyl (C=O) groups excluding carboxylic acids is 4. The van der Waals surface area contributed by atoms with Crippen molar-refractivity contribution in [1.82, 2.24) is 4.90 Å². The predicted octanol–water partition coefficient (Wildman–Crippen LogP) is 4.64. The molecule has 0 aromatic rings. The lowest BCUT2D eigenvalue weighted by Crippen LogP contribution is -2.64. The van der Waals surface area contributed by atoms with Crippen molar-refractivity contribution in [3.05, 3.63) is 36.0 Å². The lowest BCUT2D eigenvalue weighted by Gasteiger charge is -2.47. The van der Waals surface area contributed by atoms with Crippen LogP contribution in [0.2, 0.25) is 0 Å². The molecular formula is C44H69NO12. The second-order valence-corrected chi connectivity index (χ2v) is 17.3. The van der Waals surface area contributed by atoms with Crippen molar-refractivity contribution in [1.29, 1.82) is 0 Å². The number of ether oxygens (including phenoxy) is 5. The molecule has 1 saturated carbocycles. The topological polar surface area (TPSA) is 178 Å². The van der Waals surface area contributed by atoms with Gasteiger partial charge in [-0.2, -0.15) is 0 Å². The number of esters is 1. The van der Waals surface area contributed by atoms with Gasteiger partial charge in [0.25, 0.3) is 11.7 Å². The molecule has 0 aromatic carbocycles. The average Bonchev–Trinajstić information content (AvgIpc) is 3.18. The van der Waals surface area contributed by atoms with Crippen LogP contribution in [0.3, 0.4) is 0 Å². The third kappa shape index (κ3) is 11.3. The molecule has 13 heteroatoms. The van der Waals surface area contributed by atoms with Crippen molar-refractivity contribution in [3.63, 3.8) is 0 Å². The fraction of sp³-hybridized carbons (Fsp3) is 0.773. The highest BCUT2D eigenvalue weighted by atomic mass is 16.7. The average molecular weight is 804 g/mol. The van der Waals surface area contributed by atoms with Gasteiger partial charge in [0, 0.05) is 52.0 Å². The zero-order chi connectivity index (χ0) is 42.2. The Hall–Kier alpha value is -2.78. The number of ketones is 2. The van der Waals surface area contributed by atoms with E-state index in [1.807, 2.05) is 32.9 Å². The molecule has 0 spiro atoms. The van der Waals surface area contributed by atoms with Gasteiger partial charge in [-0.1, -0.05) is 44.6 Å². The van der Waals surface area contributed by atoms with Crippen molar-refractivity contribution in [2.45, 2.75) is 160 Å². The van der Waals surface area contributed by atoms with Crippen molar-refractivity contribution < 1.29 is 58.2 Å². The first-order valence-electron chi connectivity index (χ1n) is 20.9. The zero-order valence-electron chi connectivity index (χ0n) is 35.4. The quantitative estimate of drug-likeness (QED) is 0.185. The van der Waals surface area contributed by atoms with Gasteiger partial charge in [-0.25, -0.2) is 4.79 Å². The molecule has 57 heavy (non-hydrogen) atoms. The van der Waals surface area contributed by atoms with E-state index >= 15 is 0 Å². The molecule has 0 aromatic heterocycles. The number of nitrogens with zero attached hydrogens (tertiary/aromatic N) is 1. The summed E-state index contributed by atoms with van der Waals surface area (Å²) in [6.45, 7) is 13.1. The van der Waals surface area contributed by atoms with Gasteiger partial charge in [0.2, 0.25) is 5.79 Å². The van der Waals surface area contributed by atoms with Crippen molar-refractivity contribution in [2.75, 3.05) is 27.9 Å². The predicted molar refractivity (Wildman–Crippen MR) is 213 cm³/mol. The van der Waals surface area contributed by atoms with E-state index in [0.29, 0.717) is 56.9 Å². The minimum absolute atomic E-state index is 0.00988. The van der Waals surface area contributed by atoms with Crippen LogP contribution in [-0.2, 0) is 42.9 Å². The van der Waals surface area contributed by atoms with Crippen LogP contribution in [0.15, 0.2) is 36.0 Å². The number of amides is 1. The molecule has 1 amide bonds. The largest absolute Gasteiger partial charge is 0.456 e. The van der Waals surface area contributed by atoms with Gasteiger partial charge in [0.1, 0.15) is 24.0 Å². The number of rotatable bonds is 7. The van der Waals surface area contributed by atoms with Crippen LogP contribution in [0.25, 0.3) is 0 Å². The van der Waals surface area contributed by atoms with Crippen molar-refractivity contribution >= 4 is 23.4 Å². The second-order valence-electron chi connectivity index (χ2n) is 17.3. The molecule has 4 rings (SSSR count). The summed E-state index contributed by atoms with van der Waals surface area (Å²) in [5, 5.41) is 34.1. The molecule has 322 valence electrons. The number of piperidine rings is 1. The Balaban J connectivity index is 1.78. The lowest BCUT2D eigenvalue weighted by molar-refractivity contribution is -0.302. The number of methoxy groups -OCH3 is 3. The molecule has 3 fully saturated rings. The first-order valence-corrected chi connectivity index (χ1v) is 20.9. The van der Waals surface area contributed by atoms with E-state index in [-0.39, 0.29) is 49.5 Å². The molecule has 14 atom stereocenters. The molecule has 3 heterocycles. The molecule has 2 saturated heterocycles. The molecular weight excluding hydrogens is 734 g/mol. The van der Waals surface area contributed by atoms with E-state index < -0.39 is 83.9 Å². The van der Waals surface area contributed by atoms with Crippen LogP contribution in [-0.4, -0.2) is 126 Å². The zero-order valence-corrected chi connectivity index (χ0v) is 35.4. The fourth-order valence-electron chi connectivity index (χ4n) is 9.42. The minimum Gasteiger partial charge on any atom is -0.456 e. The van der Waals surface area contributed by atoms with Crippen LogP contribution in [0, 0.1) is 29.6 Å². The summed E-state index contributed by atoms with van der Waals surface area (Å²) in [6, 6.07) is -1.14. The lowest BCUT2D eigenvalue weighted by atomic mass is 9.81. The summed E-state index contributed by atoms with van der Waals surface area (Å²) in [5.74, 6) is -7.76. The van der Waals surface area contributed by atoms with E-state index in [1.165, 1.54) is 19.1 Å². The van der Waals surface area contributed by atoms with E-state index in [0.717, 1.165) is 5.57 Å². The molecule has 2 unspecified atom stereocenters. The Morgan fingerprint density at radius 3 is 2.25 bits per heavy atom. The molecule has 3 aliphatic heterocycles.